The number of nitrogens with one attached hydrogen (secondary N) is 2. The van der Waals surface area contributed by atoms with E-state index in [0.717, 1.165) is 44.5 Å². The molecule has 29 heavy (non-hydrogen) atoms. The van der Waals surface area contributed by atoms with E-state index in [1.54, 1.807) is 12.1 Å². The zero-order valence-electron chi connectivity index (χ0n) is 15.8. The third-order valence-electron chi connectivity index (χ3n) is 5.55. The number of rotatable bonds is 5. The van der Waals surface area contributed by atoms with Crippen molar-refractivity contribution in [2.24, 2.45) is 5.92 Å². The van der Waals surface area contributed by atoms with Gasteiger partial charge in [0.15, 0.2) is 0 Å². The molecule has 1 aliphatic carbocycles. The fourth-order valence-corrected chi connectivity index (χ4v) is 4.20. The maximum Gasteiger partial charge on any atom is 0.416 e. The molecule has 1 saturated carbocycles. The van der Waals surface area contributed by atoms with Gasteiger partial charge in [-0.25, -0.2) is 4.79 Å². The third-order valence-corrected chi connectivity index (χ3v) is 5.81. The maximum absolute atomic E-state index is 12.6. The average Bonchev–Trinajstić information content (AvgIpc) is 3.24. The molecule has 0 bridgehead atoms. The number of alkyl halides is 4. The molecule has 0 spiro atoms. The highest BCUT2D eigenvalue weighted by molar-refractivity contribution is 6.17. The Morgan fingerprint density at radius 1 is 1.14 bits per heavy atom. The summed E-state index contributed by atoms with van der Waals surface area (Å²) in [4.78, 5) is 27.1. The molecule has 2 aromatic rings. The molecule has 2 aliphatic rings. The number of piperidine rings is 1. The molecule has 5 nitrogen and oxygen atoms in total. The lowest BCUT2D eigenvalue weighted by Crippen LogP contribution is -2.27. The van der Waals surface area contributed by atoms with Crippen LogP contribution in [0, 0.1) is 5.92 Å². The zero-order chi connectivity index (χ0) is 21.1. The fourth-order valence-electron chi connectivity index (χ4n) is 4.01. The molecule has 1 aromatic carbocycles. The van der Waals surface area contributed by atoms with Crippen molar-refractivity contribution in [1.82, 2.24) is 14.9 Å². The van der Waals surface area contributed by atoms with Gasteiger partial charge in [-0.3, -0.25) is 9.78 Å². The van der Waals surface area contributed by atoms with Crippen molar-refractivity contribution in [2.75, 3.05) is 25.5 Å². The first kappa shape index (κ1) is 21.6. The molecule has 0 amide bonds. The number of hydrogen-bond acceptors (Lipinski definition) is 3. The smallest absolute Gasteiger partial charge is 0.314 e. The summed E-state index contributed by atoms with van der Waals surface area (Å²) in [6.07, 6.45) is 0.281. The van der Waals surface area contributed by atoms with E-state index < -0.39 is 17.4 Å². The van der Waals surface area contributed by atoms with E-state index in [4.69, 9.17) is 11.6 Å². The van der Waals surface area contributed by atoms with Gasteiger partial charge in [-0.05, 0) is 49.4 Å². The molecule has 1 saturated heterocycles. The van der Waals surface area contributed by atoms with Crippen LogP contribution in [0.15, 0.2) is 46.1 Å². The number of unbranched alkanes of at least 4 members (excludes halogenated alkanes) is 1. The summed E-state index contributed by atoms with van der Waals surface area (Å²) in [6, 6.07) is 7.02. The minimum absolute atomic E-state index is 0.116. The molecule has 2 N–H and O–H groups in total. The molecule has 2 atom stereocenters. The Morgan fingerprint density at radius 2 is 1.86 bits per heavy atom. The van der Waals surface area contributed by atoms with Crippen molar-refractivity contribution in [3.05, 3.63) is 68.5 Å². The molecule has 0 unspecified atom stereocenters. The molecular formula is C20H23ClF3N3O2. The van der Waals surface area contributed by atoms with Crippen molar-refractivity contribution in [1.29, 1.82) is 0 Å². The Bertz CT molecular complexity index is 901. The fraction of sp³-hybridized carbons (Fsp3) is 0.500. The number of H-pyrrole nitrogens is 2. The van der Waals surface area contributed by atoms with Crippen LogP contribution in [-0.2, 0) is 11.6 Å². The molecular weight excluding hydrogens is 407 g/mol. The number of hydrogen-bond donors (Lipinski definition) is 2. The van der Waals surface area contributed by atoms with Crippen LogP contribution in [0.25, 0.3) is 0 Å². The van der Waals surface area contributed by atoms with Gasteiger partial charge in [0.2, 0.25) is 0 Å². The Morgan fingerprint density at radius 3 is 2.41 bits per heavy atom. The van der Waals surface area contributed by atoms with Gasteiger partial charge in [-0.2, -0.15) is 13.2 Å². The summed E-state index contributed by atoms with van der Waals surface area (Å²) in [6.45, 7) is 3.10. The second-order valence-corrected chi connectivity index (χ2v) is 7.94. The van der Waals surface area contributed by atoms with Crippen LogP contribution in [-0.4, -0.2) is 40.4 Å². The second-order valence-electron chi connectivity index (χ2n) is 7.56. The van der Waals surface area contributed by atoms with Gasteiger partial charge < -0.3 is 9.88 Å². The van der Waals surface area contributed by atoms with Gasteiger partial charge in [0.25, 0.3) is 5.56 Å². The zero-order valence-corrected chi connectivity index (χ0v) is 16.5. The van der Waals surface area contributed by atoms with Crippen LogP contribution in [0.2, 0.25) is 0 Å². The predicted molar refractivity (Wildman–Crippen MR) is 105 cm³/mol. The standard InChI is InChI=1S/C16H19ClF3N.C4H4N2O2/c17-7-1-2-8-21-10-14-9-15(14,11-21)12-3-5-13(6-4-12)16(18,19)20;7-3-1-2-5-4(8)6-3/h3-6,14H,1-2,7-11H2;1-2H,(H2,5,6,7,8)/t14-,15+;/m0./s1. The van der Waals surface area contributed by atoms with Gasteiger partial charge in [0.1, 0.15) is 0 Å². The van der Waals surface area contributed by atoms with Crippen molar-refractivity contribution in [3.63, 3.8) is 0 Å². The lowest BCUT2D eigenvalue weighted by Gasteiger charge is -2.21. The number of halogens is 4. The Labute approximate surface area is 170 Å². The summed E-state index contributed by atoms with van der Waals surface area (Å²) in [7, 11) is 0. The van der Waals surface area contributed by atoms with Gasteiger partial charge in [0, 0.05) is 36.6 Å². The van der Waals surface area contributed by atoms with Crippen LogP contribution in [0.4, 0.5) is 13.2 Å². The minimum atomic E-state index is -4.25. The number of likely N-dealkylation sites (tertiary alicyclic amines) is 1. The van der Waals surface area contributed by atoms with E-state index in [9.17, 15) is 22.8 Å². The minimum Gasteiger partial charge on any atom is -0.314 e. The van der Waals surface area contributed by atoms with Crippen LogP contribution < -0.4 is 11.2 Å². The second kappa shape index (κ2) is 8.75. The van der Waals surface area contributed by atoms with E-state index in [1.165, 1.54) is 24.4 Å². The molecule has 1 aromatic heterocycles. The normalized spacial score (nSPS) is 23.2. The van der Waals surface area contributed by atoms with E-state index in [0.29, 0.717) is 11.8 Å². The summed E-state index contributed by atoms with van der Waals surface area (Å²) in [5, 5.41) is 0. The third kappa shape index (κ3) is 5.30. The van der Waals surface area contributed by atoms with Crippen molar-refractivity contribution in [2.45, 2.75) is 30.9 Å². The first-order valence-corrected chi connectivity index (χ1v) is 10.0. The average molecular weight is 430 g/mol. The van der Waals surface area contributed by atoms with Gasteiger partial charge >= 0.3 is 11.9 Å². The highest BCUT2D eigenvalue weighted by atomic mass is 35.5. The van der Waals surface area contributed by atoms with Crippen LogP contribution in [0.3, 0.4) is 0 Å². The number of benzene rings is 1. The van der Waals surface area contributed by atoms with E-state index >= 15 is 0 Å². The van der Waals surface area contributed by atoms with Crippen molar-refractivity contribution in [3.8, 4) is 0 Å². The monoisotopic (exact) mass is 429 g/mol. The SMILES string of the molecule is FC(F)(F)c1ccc([C@]23C[C@H]2CN(CCCCCl)C3)cc1.O=c1cc[nH]c(=O)[nH]1. The molecule has 158 valence electrons. The summed E-state index contributed by atoms with van der Waals surface area (Å²) < 4.78 is 37.9. The predicted octanol–water partition coefficient (Wildman–Crippen LogP) is 3.36. The number of aromatic amines is 2. The van der Waals surface area contributed by atoms with Crippen LogP contribution in [0.1, 0.15) is 30.4 Å². The Balaban J connectivity index is 0.000000252. The van der Waals surface area contributed by atoms with E-state index in [-0.39, 0.29) is 11.0 Å². The number of aromatic nitrogens is 2. The van der Waals surface area contributed by atoms with E-state index in [2.05, 4.69) is 9.88 Å². The van der Waals surface area contributed by atoms with Gasteiger partial charge in [0.05, 0.1) is 5.56 Å². The first-order chi connectivity index (χ1) is 13.7. The lowest BCUT2D eigenvalue weighted by molar-refractivity contribution is -0.137. The quantitative estimate of drug-likeness (QED) is 0.565. The lowest BCUT2D eigenvalue weighted by atomic mass is 9.94. The van der Waals surface area contributed by atoms with Crippen molar-refractivity contribution < 1.29 is 13.2 Å². The summed E-state index contributed by atoms with van der Waals surface area (Å²) >= 11 is 5.69. The molecule has 0 radical (unpaired) electrons. The summed E-state index contributed by atoms with van der Waals surface area (Å²) in [5.74, 6) is 1.31. The van der Waals surface area contributed by atoms with Crippen LogP contribution >= 0.6 is 11.6 Å². The molecule has 4 rings (SSSR count). The molecule has 2 fully saturated rings. The molecule has 9 heteroatoms. The molecule has 1 aliphatic heterocycles. The largest absolute Gasteiger partial charge is 0.416 e. The molecule has 2 heterocycles. The number of nitrogens with zero attached hydrogens (tertiary/aromatic N) is 1. The van der Waals surface area contributed by atoms with Gasteiger partial charge in [-0.1, -0.05) is 12.1 Å². The van der Waals surface area contributed by atoms with Crippen LogP contribution in [0.5, 0.6) is 0 Å². The highest BCUT2D eigenvalue weighted by Gasteiger charge is 2.60. The Kier molecular flexibility index (Phi) is 6.53. The maximum atomic E-state index is 12.6. The van der Waals surface area contributed by atoms with E-state index in [1.807, 2.05) is 4.98 Å². The van der Waals surface area contributed by atoms with Gasteiger partial charge in [-0.15, -0.1) is 11.6 Å². The summed E-state index contributed by atoms with van der Waals surface area (Å²) in [5.41, 5.74) is -0.228. The van der Waals surface area contributed by atoms with Crippen molar-refractivity contribution >= 4 is 11.6 Å². The topological polar surface area (TPSA) is 69.0 Å². The first-order valence-electron chi connectivity index (χ1n) is 9.49. The highest BCUT2D eigenvalue weighted by Crippen LogP contribution is 2.59. The number of fused-ring (bicyclic) bond motifs is 1. The Hall–Kier alpha value is -2.06.